The van der Waals surface area contributed by atoms with E-state index in [4.69, 9.17) is 16.3 Å². The number of methoxy groups -OCH3 is 1. The summed E-state index contributed by atoms with van der Waals surface area (Å²) in [4.78, 5) is 14.8. The SMILES string of the molecule is COc1ccc(-c2ccc(NC(=O)N3CCC(C(C)(C)C)CC3)cc2-c2nn[nH]n2)cc1Cl. The number of ether oxygens (including phenoxy) is 1. The van der Waals surface area contributed by atoms with Crippen LogP contribution < -0.4 is 10.1 Å². The van der Waals surface area contributed by atoms with Crippen molar-refractivity contribution >= 4 is 23.3 Å². The summed E-state index contributed by atoms with van der Waals surface area (Å²) >= 11 is 6.34. The van der Waals surface area contributed by atoms with Crippen LogP contribution in [0.15, 0.2) is 36.4 Å². The molecule has 1 fully saturated rings. The number of hydrogen-bond acceptors (Lipinski definition) is 5. The van der Waals surface area contributed by atoms with Crippen LogP contribution in [-0.4, -0.2) is 51.8 Å². The molecule has 0 aliphatic carbocycles. The highest BCUT2D eigenvalue weighted by Gasteiger charge is 2.30. The summed E-state index contributed by atoms with van der Waals surface area (Å²) in [6.07, 6.45) is 2.03. The minimum atomic E-state index is -0.0957. The molecule has 2 aromatic carbocycles. The second-order valence-electron chi connectivity index (χ2n) is 9.40. The molecule has 0 bridgehead atoms. The highest BCUT2D eigenvalue weighted by Crippen LogP contribution is 2.37. The molecule has 1 aromatic heterocycles. The first kappa shape index (κ1) is 23.0. The molecule has 0 spiro atoms. The van der Waals surface area contributed by atoms with E-state index in [1.54, 1.807) is 7.11 Å². The fraction of sp³-hybridized carbons (Fsp3) is 0.417. The fourth-order valence-corrected chi connectivity index (χ4v) is 4.58. The number of H-pyrrole nitrogens is 1. The minimum absolute atomic E-state index is 0.0957. The van der Waals surface area contributed by atoms with Crippen molar-refractivity contribution < 1.29 is 9.53 Å². The maximum absolute atomic E-state index is 12.9. The quantitative estimate of drug-likeness (QED) is 0.528. The molecule has 0 radical (unpaired) electrons. The molecule has 1 saturated heterocycles. The Hall–Kier alpha value is -3.13. The Morgan fingerprint density at radius 2 is 1.91 bits per heavy atom. The standard InChI is InChI=1S/C24H29ClN6O2/c1-24(2,3)16-9-11-31(12-10-16)23(32)26-17-6-7-18(19(14-17)22-27-29-30-28-22)15-5-8-21(33-4)20(25)13-15/h5-8,13-14,16H,9-12H2,1-4H3,(H,26,32)(H,27,28,29,30). The second-order valence-corrected chi connectivity index (χ2v) is 9.81. The van der Waals surface area contributed by atoms with Gasteiger partial charge in [0.25, 0.3) is 0 Å². The lowest BCUT2D eigenvalue weighted by Crippen LogP contribution is -2.43. The third-order valence-electron chi connectivity index (χ3n) is 6.33. The van der Waals surface area contributed by atoms with Crippen molar-refractivity contribution in [2.24, 2.45) is 11.3 Å². The fourth-order valence-electron chi connectivity index (χ4n) is 4.32. The zero-order valence-electron chi connectivity index (χ0n) is 19.4. The van der Waals surface area contributed by atoms with Gasteiger partial charge in [0.2, 0.25) is 5.82 Å². The Labute approximate surface area is 198 Å². The monoisotopic (exact) mass is 468 g/mol. The van der Waals surface area contributed by atoms with Crippen LogP contribution in [0.25, 0.3) is 22.5 Å². The molecule has 2 amide bonds. The first-order chi connectivity index (χ1) is 15.8. The lowest BCUT2D eigenvalue weighted by Gasteiger charge is -2.38. The molecule has 33 heavy (non-hydrogen) atoms. The molecule has 4 rings (SSSR count). The number of amides is 2. The van der Waals surface area contributed by atoms with Crippen molar-refractivity contribution in [1.29, 1.82) is 0 Å². The zero-order chi connectivity index (χ0) is 23.6. The van der Waals surface area contributed by atoms with Crippen molar-refractivity contribution in [2.45, 2.75) is 33.6 Å². The number of aromatic nitrogens is 4. The van der Waals surface area contributed by atoms with Gasteiger partial charge in [-0.25, -0.2) is 4.79 Å². The first-order valence-corrected chi connectivity index (χ1v) is 11.4. The van der Waals surface area contributed by atoms with Crippen LogP contribution in [0.1, 0.15) is 33.6 Å². The minimum Gasteiger partial charge on any atom is -0.495 e. The number of tetrazole rings is 1. The number of nitrogens with zero attached hydrogens (tertiary/aromatic N) is 4. The van der Waals surface area contributed by atoms with Gasteiger partial charge < -0.3 is 15.0 Å². The molecule has 0 unspecified atom stereocenters. The maximum Gasteiger partial charge on any atom is 0.321 e. The number of aromatic amines is 1. The number of piperidine rings is 1. The Kier molecular flexibility index (Phi) is 6.56. The van der Waals surface area contributed by atoms with E-state index >= 15 is 0 Å². The summed E-state index contributed by atoms with van der Waals surface area (Å²) in [5, 5.41) is 18.0. The van der Waals surface area contributed by atoms with E-state index in [9.17, 15) is 4.79 Å². The van der Waals surface area contributed by atoms with E-state index in [1.807, 2.05) is 41.3 Å². The number of hydrogen-bond donors (Lipinski definition) is 2. The van der Waals surface area contributed by atoms with E-state index in [1.165, 1.54) is 0 Å². The maximum atomic E-state index is 12.9. The number of nitrogens with one attached hydrogen (secondary N) is 2. The van der Waals surface area contributed by atoms with Gasteiger partial charge in [-0.2, -0.15) is 5.21 Å². The van der Waals surface area contributed by atoms with Crippen LogP contribution >= 0.6 is 11.6 Å². The number of urea groups is 1. The van der Waals surface area contributed by atoms with Gasteiger partial charge in [0.1, 0.15) is 5.75 Å². The smallest absolute Gasteiger partial charge is 0.321 e. The topological polar surface area (TPSA) is 96.0 Å². The average Bonchev–Trinajstić information content (AvgIpc) is 3.33. The number of halogens is 1. The second kappa shape index (κ2) is 9.39. The predicted molar refractivity (Wildman–Crippen MR) is 129 cm³/mol. The highest BCUT2D eigenvalue weighted by atomic mass is 35.5. The normalized spacial score (nSPS) is 14.9. The Balaban J connectivity index is 1.56. The van der Waals surface area contributed by atoms with E-state index in [0.717, 1.165) is 42.6 Å². The molecule has 174 valence electrons. The van der Waals surface area contributed by atoms with Gasteiger partial charge in [-0.15, -0.1) is 10.2 Å². The van der Waals surface area contributed by atoms with Crippen molar-refractivity contribution in [3.8, 4) is 28.3 Å². The Bertz CT molecular complexity index is 1120. The highest BCUT2D eigenvalue weighted by molar-refractivity contribution is 6.32. The molecule has 1 aliphatic heterocycles. The summed E-state index contributed by atoms with van der Waals surface area (Å²) in [7, 11) is 1.58. The van der Waals surface area contributed by atoms with E-state index in [2.05, 4.69) is 46.7 Å². The van der Waals surface area contributed by atoms with Gasteiger partial charge in [-0.05, 0) is 64.8 Å². The van der Waals surface area contributed by atoms with E-state index in [0.29, 0.717) is 28.2 Å². The van der Waals surface area contributed by atoms with Crippen LogP contribution in [0.4, 0.5) is 10.5 Å². The molecule has 2 heterocycles. The van der Waals surface area contributed by atoms with Gasteiger partial charge in [0.05, 0.1) is 12.1 Å². The van der Waals surface area contributed by atoms with Gasteiger partial charge >= 0.3 is 6.03 Å². The number of carbonyl (C=O) groups is 1. The van der Waals surface area contributed by atoms with Crippen LogP contribution in [-0.2, 0) is 0 Å². The van der Waals surface area contributed by atoms with Crippen molar-refractivity contribution in [3.63, 3.8) is 0 Å². The average molecular weight is 469 g/mol. The summed E-state index contributed by atoms with van der Waals surface area (Å²) in [6, 6.07) is 11.1. The largest absolute Gasteiger partial charge is 0.495 e. The number of rotatable bonds is 4. The molecule has 1 aliphatic rings. The third kappa shape index (κ3) is 5.11. The molecule has 9 heteroatoms. The summed E-state index contributed by atoms with van der Waals surface area (Å²) in [6.45, 7) is 8.32. The molecule has 8 nitrogen and oxygen atoms in total. The van der Waals surface area contributed by atoms with E-state index < -0.39 is 0 Å². The summed E-state index contributed by atoms with van der Waals surface area (Å²) in [5.41, 5.74) is 3.41. The molecule has 0 saturated carbocycles. The lowest BCUT2D eigenvalue weighted by atomic mass is 9.75. The van der Waals surface area contributed by atoms with Crippen LogP contribution in [0.3, 0.4) is 0 Å². The van der Waals surface area contributed by atoms with Crippen LogP contribution in [0.2, 0.25) is 5.02 Å². The molecule has 3 aromatic rings. The van der Waals surface area contributed by atoms with Gasteiger partial charge in [-0.1, -0.05) is 44.5 Å². The van der Waals surface area contributed by atoms with Gasteiger partial charge in [0.15, 0.2) is 0 Å². The Morgan fingerprint density at radius 1 is 1.15 bits per heavy atom. The van der Waals surface area contributed by atoms with Crippen molar-refractivity contribution in [2.75, 3.05) is 25.5 Å². The number of likely N-dealkylation sites (tertiary alicyclic amines) is 1. The third-order valence-corrected chi connectivity index (χ3v) is 6.62. The van der Waals surface area contributed by atoms with Crippen LogP contribution in [0.5, 0.6) is 5.75 Å². The number of benzene rings is 2. The lowest BCUT2D eigenvalue weighted by molar-refractivity contribution is 0.128. The van der Waals surface area contributed by atoms with Crippen LogP contribution in [0, 0.1) is 11.3 Å². The van der Waals surface area contributed by atoms with Crippen molar-refractivity contribution in [1.82, 2.24) is 25.5 Å². The molecular weight excluding hydrogens is 440 g/mol. The predicted octanol–water partition coefficient (Wildman–Crippen LogP) is 5.49. The van der Waals surface area contributed by atoms with Gasteiger partial charge in [0, 0.05) is 24.3 Å². The molecular formula is C24H29ClN6O2. The number of carbonyl (C=O) groups excluding carboxylic acids is 1. The summed E-state index contributed by atoms with van der Waals surface area (Å²) in [5.74, 6) is 1.65. The summed E-state index contributed by atoms with van der Waals surface area (Å²) < 4.78 is 5.26. The van der Waals surface area contributed by atoms with Crippen molar-refractivity contribution in [3.05, 3.63) is 41.4 Å². The number of anilines is 1. The Morgan fingerprint density at radius 3 is 2.52 bits per heavy atom. The van der Waals surface area contributed by atoms with Gasteiger partial charge in [-0.3, -0.25) is 0 Å². The zero-order valence-corrected chi connectivity index (χ0v) is 20.1. The van der Waals surface area contributed by atoms with E-state index in [-0.39, 0.29) is 11.4 Å². The molecule has 0 atom stereocenters. The molecule has 2 N–H and O–H groups in total. The first-order valence-electron chi connectivity index (χ1n) is 11.0.